The summed E-state index contributed by atoms with van der Waals surface area (Å²) < 4.78 is 34.6. The zero-order valence-electron chi connectivity index (χ0n) is 15.4. The number of carbonyl (C=O) groups is 1. The van der Waals surface area contributed by atoms with Crippen LogP contribution >= 0.6 is 12.4 Å². The molecule has 1 unspecified atom stereocenters. The van der Waals surface area contributed by atoms with E-state index in [9.17, 15) is 13.2 Å². The minimum absolute atomic E-state index is 0. The van der Waals surface area contributed by atoms with Crippen LogP contribution in [0.25, 0.3) is 0 Å². The van der Waals surface area contributed by atoms with E-state index in [1.807, 2.05) is 6.07 Å². The van der Waals surface area contributed by atoms with Gasteiger partial charge in [-0.3, -0.25) is 4.79 Å². The van der Waals surface area contributed by atoms with E-state index in [2.05, 4.69) is 10.6 Å². The number of ether oxygens (including phenoxy) is 2. The molecule has 27 heavy (non-hydrogen) atoms. The number of benzene rings is 1. The summed E-state index contributed by atoms with van der Waals surface area (Å²) in [6.45, 7) is 2.25. The molecule has 152 valence electrons. The fourth-order valence-corrected chi connectivity index (χ4v) is 4.80. The molecular formula is C18H27ClN2O5S. The monoisotopic (exact) mass is 418 g/mol. The van der Waals surface area contributed by atoms with Gasteiger partial charge in [0, 0.05) is 24.6 Å². The molecule has 1 atom stereocenters. The molecule has 2 aliphatic rings. The van der Waals surface area contributed by atoms with Crippen LogP contribution in [-0.2, 0) is 19.4 Å². The smallest absolute Gasteiger partial charge is 0.245 e. The van der Waals surface area contributed by atoms with Crippen LogP contribution in [0.4, 0.5) is 5.69 Å². The van der Waals surface area contributed by atoms with Crippen molar-refractivity contribution in [1.82, 2.24) is 5.32 Å². The molecular weight excluding hydrogens is 392 g/mol. The summed E-state index contributed by atoms with van der Waals surface area (Å²) in [4.78, 5) is 12.8. The molecule has 0 aromatic heterocycles. The summed E-state index contributed by atoms with van der Waals surface area (Å²) in [6, 6.07) is 7.02. The Balaban J connectivity index is 0.00000261. The van der Waals surface area contributed by atoms with E-state index >= 15 is 0 Å². The van der Waals surface area contributed by atoms with Gasteiger partial charge in [-0.15, -0.1) is 12.4 Å². The zero-order chi connectivity index (χ0) is 18.6. The summed E-state index contributed by atoms with van der Waals surface area (Å²) >= 11 is 0. The van der Waals surface area contributed by atoms with Gasteiger partial charge in [0.05, 0.1) is 6.10 Å². The van der Waals surface area contributed by atoms with Gasteiger partial charge in [-0.25, -0.2) is 8.42 Å². The van der Waals surface area contributed by atoms with Crippen molar-refractivity contribution in [3.05, 3.63) is 24.3 Å². The molecule has 2 fully saturated rings. The summed E-state index contributed by atoms with van der Waals surface area (Å²) in [7, 11) is -3.54. The third kappa shape index (κ3) is 5.13. The van der Waals surface area contributed by atoms with Crippen molar-refractivity contribution in [2.24, 2.45) is 0 Å². The maximum Gasteiger partial charge on any atom is 0.245 e. The van der Waals surface area contributed by atoms with Gasteiger partial charge in [0.2, 0.25) is 5.91 Å². The number of carbonyl (C=O) groups excluding carboxylic acids is 1. The normalized spacial score (nSPS) is 21.9. The lowest BCUT2D eigenvalue weighted by molar-refractivity contribution is -0.119. The highest BCUT2D eigenvalue weighted by atomic mass is 35.5. The van der Waals surface area contributed by atoms with E-state index in [-0.39, 0.29) is 31.4 Å². The molecule has 9 heteroatoms. The number of rotatable bonds is 6. The Kier molecular flexibility index (Phi) is 7.50. The fraction of sp³-hybridized carbons (Fsp3) is 0.611. The highest BCUT2D eigenvalue weighted by Crippen LogP contribution is 2.30. The molecule has 2 saturated heterocycles. The van der Waals surface area contributed by atoms with Crippen LogP contribution in [-0.4, -0.2) is 57.7 Å². The average Bonchev–Trinajstić information content (AvgIpc) is 3.13. The van der Waals surface area contributed by atoms with Crippen LogP contribution in [0.5, 0.6) is 5.75 Å². The van der Waals surface area contributed by atoms with E-state index < -0.39 is 20.5 Å². The van der Waals surface area contributed by atoms with Crippen LogP contribution in [0.15, 0.2) is 24.3 Å². The second-order valence-corrected chi connectivity index (χ2v) is 9.27. The maximum atomic E-state index is 12.8. The van der Waals surface area contributed by atoms with Gasteiger partial charge in [-0.1, -0.05) is 6.07 Å². The molecule has 0 radical (unpaired) electrons. The predicted molar refractivity (Wildman–Crippen MR) is 106 cm³/mol. The number of hydrogen-bond acceptors (Lipinski definition) is 6. The quantitative estimate of drug-likeness (QED) is 0.731. The van der Waals surface area contributed by atoms with Crippen molar-refractivity contribution in [2.45, 2.75) is 36.5 Å². The van der Waals surface area contributed by atoms with Crippen LogP contribution in [0.1, 0.15) is 25.7 Å². The third-order valence-electron chi connectivity index (χ3n) is 5.09. The Hall–Kier alpha value is -1.35. The molecule has 0 saturated carbocycles. The molecule has 0 spiro atoms. The number of hydrogen-bond donors (Lipinski definition) is 2. The molecule has 1 aromatic carbocycles. The van der Waals surface area contributed by atoms with E-state index in [4.69, 9.17) is 9.47 Å². The molecule has 1 aromatic rings. The van der Waals surface area contributed by atoms with Gasteiger partial charge in [0.15, 0.2) is 14.6 Å². The van der Waals surface area contributed by atoms with Crippen molar-refractivity contribution in [2.75, 3.05) is 37.9 Å². The molecule has 2 heterocycles. The molecule has 2 N–H and O–H groups in total. The van der Waals surface area contributed by atoms with E-state index in [1.54, 1.807) is 18.2 Å². The summed E-state index contributed by atoms with van der Waals surface area (Å²) in [5, 5.41) is 5.88. The standard InChI is InChI=1S/C18H26N2O5S.ClH/c1-26(22,23)18(7-9-19-10-8-18)17(21)20-14-4-2-5-15(12-14)25-13-16-6-3-11-24-16;/h2,4-5,12,16,19H,3,6-11,13H2,1H3,(H,20,21);1H. The lowest BCUT2D eigenvalue weighted by Gasteiger charge is -2.34. The van der Waals surface area contributed by atoms with E-state index in [0.29, 0.717) is 31.1 Å². The number of amides is 1. The second kappa shape index (κ2) is 9.23. The second-order valence-electron chi connectivity index (χ2n) is 6.94. The Morgan fingerprint density at radius 2 is 2.11 bits per heavy atom. The van der Waals surface area contributed by atoms with Gasteiger partial charge >= 0.3 is 0 Å². The topological polar surface area (TPSA) is 93.7 Å². The Morgan fingerprint density at radius 1 is 1.37 bits per heavy atom. The Morgan fingerprint density at radius 3 is 2.74 bits per heavy atom. The van der Waals surface area contributed by atoms with Crippen molar-refractivity contribution >= 4 is 33.8 Å². The van der Waals surface area contributed by atoms with Crippen LogP contribution in [0.3, 0.4) is 0 Å². The largest absolute Gasteiger partial charge is 0.491 e. The molecule has 1 amide bonds. The van der Waals surface area contributed by atoms with Gasteiger partial charge in [0.1, 0.15) is 12.4 Å². The molecule has 0 aliphatic carbocycles. The fourth-order valence-electron chi connectivity index (χ4n) is 3.47. The van der Waals surface area contributed by atoms with E-state index in [1.165, 1.54) is 0 Å². The molecule has 7 nitrogen and oxygen atoms in total. The van der Waals surface area contributed by atoms with Gasteiger partial charge < -0.3 is 20.1 Å². The Labute approximate surface area is 166 Å². The zero-order valence-corrected chi connectivity index (χ0v) is 17.0. The highest BCUT2D eigenvalue weighted by molar-refractivity contribution is 7.92. The van der Waals surface area contributed by atoms with Gasteiger partial charge in [-0.05, 0) is 50.9 Å². The molecule has 2 aliphatic heterocycles. The van der Waals surface area contributed by atoms with Crippen molar-refractivity contribution in [3.63, 3.8) is 0 Å². The number of piperidine rings is 1. The first-order valence-corrected chi connectivity index (χ1v) is 10.9. The molecule has 0 bridgehead atoms. The average molecular weight is 419 g/mol. The van der Waals surface area contributed by atoms with Crippen LogP contribution < -0.4 is 15.4 Å². The van der Waals surface area contributed by atoms with Crippen molar-refractivity contribution in [3.8, 4) is 5.75 Å². The van der Waals surface area contributed by atoms with Crippen LogP contribution in [0, 0.1) is 0 Å². The minimum Gasteiger partial charge on any atom is -0.491 e. The lowest BCUT2D eigenvalue weighted by Crippen LogP contribution is -2.55. The highest BCUT2D eigenvalue weighted by Gasteiger charge is 2.48. The SMILES string of the molecule is CS(=O)(=O)C1(C(=O)Nc2cccc(OCC3CCCO3)c2)CCNCC1.Cl. The third-order valence-corrected chi connectivity index (χ3v) is 7.10. The van der Waals surface area contributed by atoms with E-state index in [0.717, 1.165) is 25.7 Å². The lowest BCUT2D eigenvalue weighted by atomic mass is 9.95. The minimum atomic E-state index is -3.54. The first-order chi connectivity index (χ1) is 12.4. The van der Waals surface area contributed by atoms with Gasteiger partial charge in [0.25, 0.3) is 0 Å². The maximum absolute atomic E-state index is 12.8. The van der Waals surface area contributed by atoms with Crippen LogP contribution in [0.2, 0.25) is 0 Å². The number of halogens is 1. The first kappa shape index (κ1) is 21.9. The van der Waals surface area contributed by atoms with Crippen molar-refractivity contribution < 1.29 is 22.7 Å². The number of nitrogens with one attached hydrogen (secondary N) is 2. The summed E-state index contributed by atoms with van der Waals surface area (Å²) in [5.41, 5.74) is 0.529. The van der Waals surface area contributed by atoms with Crippen molar-refractivity contribution in [1.29, 1.82) is 0 Å². The molecule has 3 rings (SSSR count). The summed E-state index contributed by atoms with van der Waals surface area (Å²) in [5.74, 6) is 0.148. The number of anilines is 1. The van der Waals surface area contributed by atoms with Gasteiger partial charge in [-0.2, -0.15) is 0 Å². The number of sulfone groups is 1. The summed E-state index contributed by atoms with van der Waals surface area (Å²) in [6.07, 6.45) is 3.82. The Bertz CT molecular complexity index is 744. The predicted octanol–water partition coefficient (Wildman–Crippen LogP) is 1.77. The first-order valence-electron chi connectivity index (χ1n) is 8.97.